The normalized spacial score (nSPS) is 12.5. The topological polar surface area (TPSA) is 76.1 Å². The highest BCUT2D eigenvalue weighted by Crippen LogP contribution is 2.33. The Morgan fingerprint density at radius 1 is 1.23 bits per heavy atom. The van der Waals surface area contributed by atoms with Gasteiger partial charge in [-0.3, -0.25) is 4.79 Å². The van der Waals surface area contributed by atoms with Crippen LogP contribution in [-0.2, 0) is 4.79 Å². The lowest BCUT2D eigenvalue weighted by atomic mass is 10.2. The van der Waals surface area contributed by atoms with Crippen LogP contribution in [0.1, 0.15) is 13.8 Å². The van der Waals surface area contributed by atoms with E-state index in [0.717, 1.165) is 12.1 Å². The summed E-state index contributed by atoms with van der Waals surface area (Å²) >= 11 is 3.19. The van der Waals surface area contributed by atoms with Crippen molar-refractivity contribution >= 4 is 44.2 Å². The lowest BCUT2D eigenvalue weighted by molar-refractivity contribution is -0.128. The molecule has 2 N–H and O–H groups in total. The first-order chi connectivity index (χ1) is 14.5. The van der Waals surface area contributed by atoms with E-state index < -0.39 is 36.1 Å². The Bertz CT molecular complexity index is 1120. The number of rotatable bonds is 7. The third-order valence-corrected chi connectivity index (χ3v) is 4.56. The van der Waals surface area contributed by atoms with Gasteiger partial charge in [-0.25, -0.2) is 27.5 Å². The van der Waals surface area contributed by atoms with Crippen LogP contribution in [-0.4, -0.2) is 34.4 Å². The fourth-order valence-corrected chi connectivity index (χ4v) is 3.08. The van der Waals surface area contributed by atoms with E-state index in [0.29, 0.717) is 16.9 Å². The maximum absolute atomic E-state index is 14.5. The van der Waals surface area contributed by atoms with Crippen molar-refractivity contribution < 1.29 is 27.1 Å². The number of fused-ring (bicyclic) bond motifs is 1. The fourth-order valence-electron chi connectivity index (χ4n) is 2.66. The first kappa shape index (κ1) is 22.7. The molecule has 6 nitrogen and oxygen atoms in total. The average molecular weight is 501 g/mol. The van der Waals surface area contributed by atoms with Crippen LogP contribution in [0.25, 0.3) is 10.9 Å². The van der Waals surface area contributed by atoms with E-state index in [9.17, 15) is 22.4 Å². The number of hydrogen-bond acceptors (Lipinski definition) is 5. The van der Waals surface area contributed by atoms with Gasteiger partial charge in [0.2, 0.25) is 0 Å². The zero-order valence-corrected chi connectivity index (χ0v) is 17.9. The number of halogens is 5. The van der Waals surface area contributed by atoms with Gasteiger partial charge in [0.15, 0.2) is 6.10 Å². The van der Waals surface area contributed by atoms with Crippen LogP contribution in [0.5, 0.6) is 5.75 Å². The minimum absolute atomic E-state index is 0.0878. The minimum Gasteiger partial charge on any atom is -0.479 e. The molecule has 2 aromatic carbocycles. The molecule has 0 radical (unpaired) electrons. The van der Waals surface area contributed by atoms with E-state index in [-0.39, 0.29) is 22.6 Å². The molecule has 0 saturated heterocycles. The zero-order valence-electron chi connectivity index (χ0n) is 16.3. The van der Waals surface area contributed by atoms with Crippen LogP contribution in [0.2, 0.25) is 0 Å². The van der Waals surface area contributed by atoms with E-state index in [4.69, 9.17) is 4.74 Å². The molecule has 0 aliphatic carbocycles. The van der Waals surface area contributed by atoms with Crippen molar-refractivity contribution in [2.45, 2.75) is 25.9 Å². The molecule has 0 saturated carbocycles. The predicted octanol–water partition coefficient (Wildman–Crippen LogP) is 4.95. The van der Waals surface area contributed by atoms with Gasteiger partial charge in [0.05, 0.1) is 23.1 Å². The fraction of sp³-hybridized carbons (Fsp3) is 0.250. The molecular weight excluding hydrogens is 484 g/mol. The Balaban J connectivity index is 1.88. The zero-order chi connectivity index (χ0) is 22.8. The van der Waals surface area contributed by atoms with Gasteiger partial charge in [-0.05, 0) is 31.2 Å². The van der Waals surface area contributed by atoms with Crippen molar-refractivity contribution in [3.05, 3.63) is 52.8 Å². The molecule has 3 aromatic rings. The second-order valence-corrected chi connectivity index (χ2v) is 7.73. The van der Waals surface area contributed by atoms with Gasteiger partial charge < -0.3 is 15.4 Å². The van der Waals surface area contributed by atoms with Gasteiger partial charge in [-0.1, -0.05) is 15.9 Å². The van der Waals surface area contributed by atoms with Gasteiger partial charge in [-0.2, -0.15) is 0 Å². The largest absolute Gasteiger partial charge is 0.479 e. The Kier molecular flexibility index (Phi) is 6.63. The number of anilines is 2. The molecule has 1 amide bonds. The maximum Gasteiger partial charge on any atom is 0.262 e. The van der Waals surface area contributed by atoms with Crippen LogP contribution in [0.4, 0.5) is 29.1 Å². The van der Waals surface area contributed by atoms with Crippen LogP contribution in [0.15, 0.2) is 41.1 Å². The summed E-state index contributed by atoms with van der Waals surface area (Å²) in [6, 6.07) is 6.31. The SMILES string of the molecule is C[C@@H](Oc1cc(F)ccc1Nc1ncnc2cc(Br)cc(F)c12)C(=O)NCC(C)(F)F. The first-order valence-corrected chi connectivity index (χ1v) is 9.81. The van der Waals surface area contributed by atoms with E-state index in [1.54, 1.807) is 6.07 Å². The molecule has 0 bridgehead atoms. The van der Waals surface area contributed by atoms with Gasteiger partial charge in [0.1, 0.15) is 29.5 Å². The number of ether oxygens (including phenoxy) is 1. The molecule has 1 atom stereocenters. The second kappa shape index (κ2) is 9.04. The van der Waals surface area contributed by atoms with Crippen molar-refractivity contribution in [2.75, 3.05) is 11.9 Å². The number of benzene rings is 2. The van der Waals surface area contributed by atoms with Crippen LogP contribution in [0, 0.1) is 11.6 Å². The van der Waals surface area contributed by atoms with Crippen molar-refractivity contribution in [3.8, 4) is 5.75 Å². The number of carbonyl (C=O) groups excluding carboxylic acids is 1. The summed E-state index contributed by atoms with van der Waals surface area (Å²) < 4.78 is 60.2. The summed E-state index contributed by atoms with van der Waals surface area (Å²) in [6.45, 7) is 1.13. The molecule has 1 aromatic heterocycles. The molecule has 3 rings (SSSR count). The molecule has 0 unspecified atom stereocenters. The lowest BCUT2D eigenvalue weighted by Crippen LogP contribution is -2.41. The van der Waals surface area contributed by atoms with E-state index in [2.05, 4.69) is 36.5 Å². The van der Waals surface area contributed by atoms with Crippen molar-refractivity contribution in [1.82, 2.24) is 15.3 Å². The highest BCUT2D eigenvalue weighted by molar-refractivity contribution is 9.10. The average Bonchev–Trinajstić information content (AvgIpc) is 2.67. The smallest absolute Gasteiger partial charge is 0.262 e. The molecule has 164 valence electrons. The van der Waals surface area contributed by atoms with Crippen molar-refractivity contribution in [1.29, 1.82) is 0 Å². The number of amides is 1. The lowest BCUT2D eigenvalue weighted by Gasteiger charge is -2.19. The van der Waals surface area contributed by atoms with E-state index in [1.807, 2.05) is 0 Å². The third-order valence-electron chi connectivity index (χ3n) is 4.10. The van der Waals surface area contributed by atoms with E-state index in [1.165, 1.54) is 25.4 Å². The second-order valence-electron chi connectivity index (χ2n) is 6.82. The molecule has 11 heteroatoms. The van der Waals surface area contributed by atoms with Gasteiger partial charge in [0, 0.05) is 17.5 Å². The monoisotopic (exact) mass is 500 g/mol. The van der Waals surface area contributed by atoms with Crippen molar-refractivity contribution in [3.63, 3.8) is 0 Å². The highest BCUT2D eigenvalue weighted by Gasteiger charge is 2.25. The molecule has 0 spiro atoms. The Morgan fingerprint density at radius 3 is 2.68 bits per heavy atom. The Morgan fingerprint density at radius 2 is 1.97 bits per heavy atom. The first-order valence-electron chi connectivity index (χ1n) is 9.02. The molecule has 0 aliphatic heterocycles. The third kappa shape index (κ3) is 5.81. The molecule has 0 aliphatic rings. The Hall–Kier alpha value is -2.95. The number of nitrogens with one attached hydrogen (secondary N) is 2. The molecule has 0 fully saturated rings. The Labute approximate surface area is 183 Å². The molecule has 31 heavy (non-hydrogen) atoms. The summed E-state index contributed by atoms with van der Waals surface area (Å²) in [5.41, 5.74) is 0.506. The van der Waals surface area contributed by atoms with Crippen molar-refractivity contribution in [2.24, 2.45) is 0 Å². The number of carbonyl (C=O) groups is 1. The maximum atomic E-state index is 14.5. The number of alkyl halides is 2. The number of nitrogens with zero attached hydrogens (tertiary/aromatic N) is 2. The van der Waals surface area contributed by atoms with Gasteiger partial charge in [0.25, 0.3) is 11.8 Å². The van der Waals surface area contributed by atoms with Crippen LogP contribution in [0.3, 0.4) is 0 Å². The summed E-state index contributed by atoms with van der Waals surface area (Å²) in [4.78, 5) is 20.1. The molecule has 1 heterocycles. The van der Waals surface area contributed by atoms with Crippen LogP contribution >= 0.6 is 15.9 Å². The number of aromatic nitrogens is 2. The quantitative estimate of drug-likeness (QED) is 0.448. The highest BCUT2D eigenvalue weighted by atomic mass is 79.9. The predicted molar refractivity (Wildman–Crippen MR) is 111 cm³/mol. The molecular formula is C20H17BrF4N4O2. The summed E-state index contributed by atoms with van der Waals surface area (Å²) in [5, 5.41) is 5.01. The minimum atomic E-state index is -3.09. The summed E-state index contributed by atoms with van der Waals surface area (Å²) in [7, 11) is 0. The van der Waals surface area contributed by atoms with Gasteiger partial charge in [-0.15, -0.1) is 0 Å². The van der Waals surface area contributed by atoms with E-state index >= 15 is 0 Å². The summed E-state index contributed by atoms with van der Waals surface area (Å²) in [6.07, 6.45) is 0.0150. The summed E-state index contributed by atoms with van der Waals surface area (Å²) in [5.74, 6) is -5.14. The standard InChI is InChI=1S/C20H17BrF4N4O2/c1-10(19(30)26-8-20(2,24)25)31-16-7-12(22)3-4-14(16)29-18-17-13(23)5-11(21)6-15(17)27-9-28-18/h3-7,9-10H,8H2,1-2H3,(H,26,30)(H,27,28,29)/t10-/m1/s1. The van der Waals surface area contributed by atoms with Gasteiger partial charge >= 0.3 is 0 Å². The number of hydrogen-bond donors (Lipinski definition) is 2. The van der Waals surface area contributed by atoms with Crippen LogP contribution < -0.4 is 15.4 Å².